The Kier molecular flexibility index (Phi) is 4.67. The van der Waals surface area contributed by atoms with Crippen molar-refractivity contribution in [2.45, 2.75) is 26.7 Å². The summed E-state index contributed by atoms with van der Waals surface area (Å²) < 4.78 is 0. The lowest BCUT2D eigenvalue weighted by molar-refractivity contribution is 0.471. The van der Waals surface area contributed by atoms with Gasteiger partial charge in [-0.1, -0.05) is 50.2 Å². The van der Waals surface area contributed by atoms with Gasteiger partial charge in [0.25, 0.3) is 0 Å². The average molecular weight is 269 g/mol. The molecule has 0 spiro atoms. The van der Waals surface area contributed by atoms with E-state index in [4.69, 9.17) is 0 Å². The maximum atomic E-state index is 9.75. The molecule has 0 aliphatic rings. The molecule has 0 aliphatic heterocycles. The Morgan fingerprint density at radius 1 is 1.05 bits per heavy atom. The lowest BCUT2D eigenvalue weighted by Gasteiger charge is -2.22. The molecule has 1 unspecified atom stereocenters. The van der Waals surface area contributed by atoms with Crippen LogP contribution in [0, 0.1) is 12.8 Å². The van der Waals surface area contributed by atoms with Crippen LogP contribution in [0.15, 0.2) is 48.5 Å². The second-order valence-corrected chi connectivity index (χ2v) is 5.64. The molecular formula is C18H23NO. The smallest absolute Gasteiger partial charge is 0.120 e. The summed E-state index contributed by atoms with van der Waals surface area (Å²) in [6.45, 7) is 7.25. The number of hydrogen-bond acceptors (Lipinski definition) is 2. The Labute approximate surface area is 121 Å². The van der Waals surface area contributed by atoms with Crippen molar-refractivity contribution in [1.29, 1.82) is 0 Å². The number of benzene rings is 2. The number of aromatic hydroxyl groups is 1. The minimum absolute atomic E-state index is 0.343. The normalized spacial score (nSPS) is 12.4. The van der Waals surface area contributed by atoms with Crippen molar-refractivity contribution < 1.29 is 5.11 Å². The summed E-state index contributed by atoms with van der Waals surface area (Å²) in [5.74, 6) is 1.36. The van der Waals surface area contributed by atoms with Gasteiger partial charge in [0.2, 0.25) is 0 Å². The zero-order chi connectivity index (χ0) is 14.5. The van der Waals surface area contributed by atoms with Crippen LogP contribution in [0.1, 0.15) is 30.9 Å². The molecule has 2 rings (SSSR count). The number of phenolic OH excluding ortho intramolecular Hbond substituents is 1. The highest BCUT2D eigenvalue weighted by Gasteiger charge is 2.15. The first-order valence-corrected chi connectivity index (χ1v) is 7.16. The first-order valence-electron chi connectivity index (χ1n) is 7.16. The van der Waals surface area contributed by atoms with Crippen molar-refractivity contribution in [3.8, 4) is 5.75 Å². The van der Waals surface area contributed by atoms with Crippen molar-refractivity contribution in [2.24, 2.45) is 5.92 Å². The first kappa shape index (κ1) is 14.4. The molecule has 0 amide bonds. The maximum absolute atomic E-state index is 9.75. The monoisotopic (exact) mass is 269 g/mol. The van der Waals surface area contributed by atoms with Gasteiger partial charge in [0.05, 0.1) is 0 Å². The maximum Gasteiger partial charge on any atom is 0.120 e. The van der Waals surface area contributed by atoms with Gasteiger partial charge in [-0.05, 0) is 30.0 Å². The molecule has 2 heteroatoms. The van der Waals surface area contributed by atoms with Crippen LogP contribution >= 0.6 is 0 Å². The quantitative estimate of drug-likeness (QED) is 0.834. The molecule has 0 heterocycles. The van der Waals surface area contributed by atoms with E-state index in [0.29, 0.717) is 17.6 Å². The standard InChI is InChI=1S/C18H23NO/c1-13(2)17(15-7-5-4-6-8-15)12-19-16-10-9-14(3)18(20)11-16/h4-11,13,17,19-20H,12H2,1-3H3. The summed E-state index contributed by atoms with van der Waals surface area (Å²) in [6, 6.07) is 16.3. The summed E-state index contributed by atoms with van der Waals surface area (Å²) in [5, 5.41) is 13.2. The molecule has 0 aliphatic carbocycles. The van der Waals surface area contributed by atoms with Crippen LogP contribution in [0.3, 0.4) is 0 Å². The first-order chi connectivity index (χ1) is 9.58. The van der Waals surface area contributed by atoms with E-state index in [9.17, 15) is 5.11 Å². The Balaban J connectivity index is 2.08. The molecule has 106 valence electrons. The summed E-state index contributed by atoms with van der Waals surface area (Å²) in [5.41, 5.74) is 3.22. The predicted molar refractivity (Wildman–Crippen MR) is 85.4 cm³/mol. The van der Waals surface area contributed by atoms with Crippen molar-refractivity contribution >= 4 is 5.69 Å². The molecule has 0 bridgehead atoms. The van der Waals surface area contributed by atoms with Gasteiger partial charge in [0, 0.05) is 24.2 Å². The number of nitrogens with one attached hydrogen (secondary N) is 1. The SMILES string of the molecule is Cc1ccc(NCC(c2ccccc2)C(C)C)cc1O. The molecule has 0 aromatic heterocycles. The highest BCUT2D eigenvalue weighted by Crippen LogP contribution is 2.26. The zero-order valence-corrected chi connectivity index (χ0v) is 12.4. The van der Waals surface area contributed by atoms with E-state index in [1.54, 1.807) is 6.07 Å². The Bertz CT molecular complexity index is 549. The molecule has 2 aromatic carbocycles. The van der Waals surface area contributed by atoms with E-state index in [1.165, 1.54) is 5.56 Å². The number of anilines is 1. The lowest BCUT2D eigenvalue weighted by atomic mass is 9.88. The fourth-order valence-corrected chi connectivity index (χ4v) is 2.39. The minimum Gasteiger partial charge on any atom is -0.508 e. The van der Waals surface area contributed by atoms with E-state index in [0.717, 1.165) is 17.8 Å². The number of rotatable bonds is 5. The van der Waals surface area contributed by atoms with Gasteiger partial charge in [0.15, 0.2) is 0 Å². The predicted octanol–water partition coefficient (Wildman–Crippen LogP) is 4.55. The highest BCUT2D eigenvalue weighted by atomic mass is 16.3. The molecule has 0 saturated heterocycles. The topological polar surface area (TPSA) is 32.3 Å². The van der Waals surface area contributed by atoms with Crippen LogP contribution in [0.25, 0.3) is 0 Å². The van der Waals surface area contributed by atoms with E-state index in [-0.39, 0.29) is 0 Å². The van der Waals surface area contributed by atoms with Gasteiger partial charge < -0.3 is 10.4 Å². The average Bonchev–Trinajstić information content (AvgIpc) is 2.44. The van der Waals surface area contributed by atoms with Crippen molar-refractivity contribution in [2.75, 3.05) is 11.9 Å². The van der Waals surface area contributed by atoms with Crippen LogP contribution in [-0.4, -0.2) is 11.7 Å². The summed E-state index contributed by atoms with van der Waals surface area (Å²) in [6.07, 6.45) is 0. The molecule has 0 radical (unpaired) electrons. The third kappa shape index (κ3) is 3.53. The molecule has 0 saturated carbocycles. The molecular weight excluding hydrogens is 246 g/mol. The highest BCUT2D eigenvalue weighted by molar-refractivity contribution is 5.51. The number of hydrogen-bond donors (Lipinski definition) is 2. The van der Waals surface area contributed by atoms with Crippen molar-refractivity contribution in [3.05, 3.63) is 59.7 Å². The summed E-state index contributed by atoms with van der Waals surface area (Å²) in [7, 11) is 0. The minimum atomic E-state index is 0.343. The van der Waals surface area contributed by atoms with Gasteiger partial charge in [-0.25, -0.2) is 0 Å². The van der Waals surface area contributed by atoms with Gasteiger partial charge in [0.1, 0.15) is 5.75 Å². The largest absolute Gasteiger partial charge is 0.508 e. The van der Waals surface area contributed by atoms with Crippen LogP contribution in [-0.2, 0) is 0 Å². The van der Waals surface area contributed by atoms with Gasteiger partial charge >= 0.3 is 0 Å². The van der Waals surface area contributed by atoms with E-state index >= 15 is 0 Å². The van der Waals surface area contributed by atoms with Crippen molar-refractivity contribution in [1.82, 2.24) is 0 Å². The second kappa shape index (κ2) is 6.47. The molecule has 2 nitrogen and oxygen atoms in total. The second-order valence-electron chi connectivity index (χ2n) is 5.64. The molecule has 0 fully saturated rings. The van der Waals surface area contributed by atoms with Gasteiger partial charge in [-0.2, -0.15) is 0 Å². The summed E-state index contributed by atoms with van der Waals surface area (Å²) >= 11 is 0. The molecule has 2 N–H and O–H groups in total. The van der Waals surface area contributed by atoms with Crippen LogP contribution in [0.2, 0.25) is 0 Å². The Hall–Kier alpha value is -1.96. The lowest BCUT2D eigenvalue weighted by Crippen LogP contribution is -2.17. The van der Waals surface area contributed by atoms with Gasteiger partial charge in [-0.15, -0.1) is 0 Å². The fraction of sp³-hybridized carbons (Fsp3) is 0.333. The molecule has 1 atom stereocenters. The zero-order valence-electron chi connectivity index (χ0n) is 12.4. The number of phenols is 1. The number of aryl methyl sites for hydroxylation is 1. The van der Waals surface area contributed by atoms with Crippen LogP contribution < -0.4 is 5.32 Å². The third-order valence-electron chi connectivity index (χ3n) is 3.77. The van der Waals surface area contributed by atoms with Crippen molar-refractivity contribution in [3.63, 3.8) is 0 Å². The van der Waals surface area contributed by atoms with Crippen LogP contribution in [0.4, 0.5) is 5.69 Å². The van der Waals surface area contributed by atoms with E-state index in [2.05, 4.69) is 43.4 Å². The van der Waals surface area contributed by atoms with Crippen LogP contribution in [0.5, 0.6) is 5.75 Å². The summed E-state index contributed by atoms with van der Waals surface area (Å²) in [4.78, 5) is 0. The van der Waals surface area contributed by atoms with Gasteiger partial charge in [-0.3, -0.25) is 0 Å². The Morgan fingerprint density at radius 2 is 1.75 bits per heavy atom. The Morgan fingerprint density at radius 3 is 2.35 bits per heavy atom. The fourth-order valence-electron chi connectivity index (χ4n) is 2.39. The van der Waals surface area contributed by atoms with E-state index < -0.39 is 0 Å². The molecule has 20 heavy (non-hydrogen) atoms. The molecule has 2 aromatic rings. The van der Waals surface area contributed by atoms with E-state index in [1.807, 2.05) is 25.1 Å². The third-order valence-corrected chi connectivity index (χ3v) is 3.77.